The Balaban J connectivity index is 2.36. The molecule has 82 valence electrons. The van der Waals surface area contributed by atoms with Crippen molar-refractivity contribution in [3.63, 3.8) is 0 Å². The predicted molar refractivity (Wildman–Crippen MR) is 57.1 cm³/mol. The average Bonchev–Trinajstić information content (AvgIpc) is 2.09. The number of aromatic hydroxyl groups is 1. The van der Waals surface area contributed by atoms with E-state index in [-0.39, 0.29) is 11.8 Å². The standard InChI is InChI=1S/C12H16FNO/c1-7-5-6-9(13)10(12(7)15)11(14)8-3-2-4-8/h5-6,8,11,15H,2-4,14H2,1H3/t11-/m0/s1. The molecule has 1 fully saturated rings. The molecule has 0 saturated heterocycles. The minimum Gasteiger partial charge on any atom is -0.507 e. The summed E-state index contributed by atoms with van der Waals surface area (Å²) in [6, 6.07) is 2.59. The first-order chi connectivity index (χ1) is 7.11. The molecule has 15 heavy (non-hydrogen) atoms. The normalized spacial score (nSPS) is 18.6. The lowest BCUT2D eigenvalue weighted by atomic mass is 9.77. The number of phenolic OH excluding ortho intramolecular Hbond substituents is 1. The number of hydrogen-bond donors (Lipinski definition) is 2. The number of benzene rings is 1. The number of rotatable bonds is 2. The molecule has 0 amide bonds. The fourth-order valence-electron chi connectivity index (χ4n) is 2.04. The molecular formula is C12H16FNO. The van der Waals surface area contributed by atoms with Gasteiger partial charge in [-0.1, -0.05) is 12.5 Å². The number of hydrogen-bond acceptors (Lipinski definition) is 2. The minimum absolute atomic E-state index is 0.0226. The Hall–Kier alpha value is -1.09. The summed E-state index contributed by atoms with van der Waals surface area (Å²) < 4.78 is 13.6. The first-order valence-corrected chi connectivity index (χ1v) is 5.35. The molecule has 0 radical (unpaired) electrons. The number of nitrogens with two attached hydrogens (primary N) is 1. The summed E-state index contributed by atoms with van der Waals surface area (Å²) in [4.78, 5) is 0. The fourth-order valence-corrected chi connectivity index (χ4v) is 2.04. The molecule has 3 heteroatoms. The van der Waals surface area contributed by atoms with Crippen molar-refractivity contribution in [3.05, 3.63) is 29.1 Å². The highest BCUT2D eigenvalue weighted by Gasteiger charge is 2.29. The van der Waals surface area contributed by atoms with Gasteiger partial charge in [0.1, 0.15) is 11.6 Å². The first-order valence-electron chi connectivity index (χ1n) is 5.35. The summed E-state index contributed by atoms with van der Waals surface area (Å²) in [6.07, 6.45) is 3.23. The number of halogens is 1. The van der Waals surface area contributed by atoms with Gasteiger partial charge in [-0.15, -0.1) is 0 Å². The molecule has 0 aliphatic heterocycles. The van der Waals surface area contributed by atoms with Crippen LogP contribution in [-0.4, -0.2) is 5.11 Å². The van der Waals surface area contributed by atoms with Crippen LogP contribution in [0.25, 0.3) is 0 Å². The van der Waals surface area contributed by atoms with E-state index in [0.29, 0.717) is 17.0 Å². The molecule has 1 saturated carbocycles. The molecular weight excluding hydrogens is 193 g/mol. The van der Waals surface area contributed by atoms with Crippen LogP contribution in [0.4, 0.5) is 4.39 Å². The summed E-state index contributed by atoms with van der Waals surface area (Å²) in [5.74, 6) is -0.0425. The van der Waals surface area contributed by atoms with Crippen LogP contribution in [0.1, 0.15) is 36.4 Å². The highest BCUT2D eigenvalue weighted by molar-refractivity contribution is 5.42. The third kappa shape index (κ3) is 1.72. The van der Waals surface area contributed by atoms with Gasteiger partial charge in [-0.2, -0.15) is 0 Å². The lowest BCUT2D eigenvalue weighted by molar-refractivity contribution is 0.256. The third-order valence-electron chi connectivity index (χ3n) is 3.36. The first kappa shape index (κ1) is 10.4. The van der Waals surface area contributed by atoms with Crippen LogP contribution in [0.3, 0.4) is 0 Å². The summed E-state index contributed by atoms with van der Waals surface area (Å²) in [5, 5.41) is 9.80. The Bertz CT molecular complexity index is 374. The van der Waals surface area contributed by atoms with Gasteiger partial charge in [-0.05, 0) is 37.3 Å². The van der Waals surface area contributed by atoms with Crippen molar-refractivity contribution < 1.29 is 9.50 Å². The van der Waals surface area contributed by atoms with E-state index in [1.807, 2.05) is 0 Å². The summed E-state index contributed by atoms with van der Waals surface area (Å²) in [5.41, 5.74) is 6.94. The highest BCUT2D eigenvalue weighted by Crippen LogP contribution is 2.40. The largest absolute Gasteiger partial charge is 0.507 e. The van der Waals surface area contributed by atoms with Gasteiger partial charge in [0.2, 0.25) is 0 Å². The zero-order valence-electron chi connectivity index (χ0n) is 8.83. The van der Waals surface area contributed by atoms with E-state index in [0.717, 1.165) is 19.3 Å². The van der Waals surface area contributed by atoms with E-state index in [9.17, 15) is 9.50 Å². The monoisotopic (exact) mass is 209 g/mol. The van der Waals surface area contributed by atoms with Crippen LogP contribution < -0.4 is 5.73 Å². The minimum atomic E-state index is -0.391. The summed E-state index contributed by atoms with van der Waals surface area (Å²) in [6.45, 7) is 1.76. The molecule has 0 bridgehead atoms. The quantitative estimate of drug-likeness (QED) is 0.786. The molecule has 1 aliphatic rings. The number of phenols is 1. The van der Waals surface area contributed by atoms with E-state index >= 15 is 0 Å². The van der Waals surface area contributed by atoms with E-state index in [4.69, 9.17) is 5.73 Å². The van der Waals surface area contributed by atoms with Crippen LogP contribution in [0, 0.1) is 18.7 Å². The smallest absolute Gasteiger partial charge is 0.131 e. The van der Waals surface area contributed by atoms with Crippen LogP contribution >= 0.6 is 0 Å². The SMILES string of the molecule is Cc1ccc(F)c([C@@H](N)C2CCC2)c1O. The number of aryl methyl sites for hydroxylation is 1. The van der Waals surface area contributed by atoms with Crippen LogP contribution in [0.15, 0.2) is 12.1 Å². The zero-order valence-corrected chi connectivity index (χ0v) is 8.83. The highest BCUT2D eigenvalue weighted by atomic mass is 19.1. The van der Waals surface area contributed by atoms with Crippen molar-refractivity contribution in [3.8, 4) is 5.75 Å². The molecule has 3 N–H and O–H groups in total. The Kier molecular flexibility index (Phi) is 2.65. The summed E-state index contributed by atoms with van der Waals surface area (Å²) >= 11 is 0. The van der Waals surface area contributed by atoms with Crippen molar-refractivity contribution in [1.82, 2.24) is 0 Å². The van der Waals surface area contributed by atoms with Gasteiger partial charge in [-0.3, -0.25) is 0 Å². The molecule has 0 unspecified atom stereocenters. The average molecular weight is 209 g/mol. The van der Waals surface area contributed by atoms with Crippen molar-refractivity contribution in [2.75, 3.05) is 0 Å². The maximum absolute atomic E-state index is 13.6. The Morgan fingerprint density at radius 1 is 1.47 bits per heavy atom. The molecule has 1 aromatic carbocycles. The van der Waals surface area contributed by atoms with Crippen molar-refractivity contribution in [2.45, 2.75) is 32.2 Å². The van der Waals surface area contributed by atoms with Gasteiger partial charge in [0.15, 0.2) is 0 Å². The van der Waals surface area contributed by atoms with Gasteiger partial charge in [-0.25, -0.2) is 4.39 Å². The molecule has 2 nitrogen and oxygen atoms in total. The Morgan fingerprint density at radius 2 is 2.13 bits per heavy atom. The Morgan fingerprint density at radius 3 is 2.67 bits per heavy atom. The predicted octanol–water partition coefficient (Wildman–Crippen LogP) is 2.64. The van der Waals surface area contributed by atoms with Gasteiger partial charge in [0.25, 0.3) is 0 Å². The van der Waals surface area contributed by atoms with Crippen LogP contribution in [0.2, 0.25) is 0 Å². The van der Waals surface area contributed by atoms with Crippen molar-refractivity contribution in [1.29, 1.82) is 0 Å². The maximum atomic E-state index is 13.6. The zero-order chi connectivity index (χ0) is 11.0. The van der Waals surface area contributed by atoms with Crippen molar-refractivity contribution >= 4 is 0 Å². The Labute approximate surface area is 88.9 Å². The van der Waals surface area contributed by atoms with E-state index in [1.165, 1.54) is 6.07 Å². The van der Waals surface area contributed by atoms with E-state index in [1.54, 1.807) is 13.0 Å². The third-order valence-corrected chi connectivity index (χ3v) is 3.36. The van der Waals surface area contributed by atoms with Gasteiger partial charge in [0, 0.05) is 11.6 Å². The molecule has 1 aliphatic carbocycles. The molecule has 0 aromatic heterocycles. The lowest BCUT2D eigenvalue weighted by Crippen LogP contribution is -2.27. The second-order valence-corrected chi connectivity index (χ2v) is 4.34. The fraction of sp³-hybridized carbons (Fsp3) is 0.500. The van der Waals surface area contributed by atoms with Gasteiger partial charge >= 0.3 is 0 Å². The second kappa shape index (κ2) is 3.81. The maximum Gasteiger partial charge on any atom is 0.131 e. The topological polar surface area (TPSA) is 46.2 Å². The van der Waals surface area contributed by atoms with Crippen LogP contribution in [-0.2, 0) is 0 Å². The molecule has 0 heterocycles. The van der Waals surface area contributed by atoms with Crippen molar-refractivity contribution in [2.24, 2.45) is 11.7 Å². The van der Waals surface area contributed by atoms with E-state index in [2.05, 4.69) is 0 Å². The second-order valence-electron chi connectivity index (χ2n) is 4.34. The molecule has 2 rings (SSSR count). The molecule has 1 atom stereocenters. The molecule has 1 aromatic rings. The van der Waals surface area contributed by atoms with Gasteiger partial charge in [0.05, 0.1) is 0 Å². The summed E-state index contributed by atoms with van der Waals surface area (Å²) in [7, 11) is 0. The molecule has 0 spiro atoms. The van der Waals surface area contributed by atoms with E-state index < -0.39 is 5.82 Å². The van der Waals surface area contributed by atoms with Crippen LogP contribution in [0.5, 0.6) is 5.75 Å². The lowest BCUT2D eigenvalue weighted by Gasteiger charge is -2.32. The van der Waals surface area contributed by atoms with Gasteiger partial charge < -0.3 is 10.8 Å².